The maximum Gasteiger partial charge on any atom is 0.254 e. The SMILES string of the molecule is Cc1ccc(F)cc1C(=O)N1CC[C@@H](N)C1. The van der Waals surface area contributed by atoms with Gasteiger partial charge in [0.2, 0.25) is 0 Å². The summed E-state index contributed by atoms with van der Waals surface area (Å²) >= 11 is 0. The standard InChI is InChI=1S/C12H15FN2O/c1-8-2-3-9(13)6-11(8)12(16)15-5-4-10(14)7-15/h2-3,6,10H,4-5,7,14H2,1H3/t10-/m1/s1. The highest BCUT2D eigenvalue weighted by Crippen LogP contribution is 2.16. The first-order valence-electron chi connectivity index (χ1n) is 5.39. The van der Waals surface area contributed by atoms with Gasteiger partial charge in [-0.15, -0.1) is 0 Å². The van der Waals surface area contributed by atoms with E-state index in [9.17, 15) is 9.18 Å². The van der Waals surface area contributed by atoms with Gasteiger partial charge >= 0.3 is 0 Å². The molecule has 1 aliphatic heterocycles. The number of benzene rings is 1. The molecular formula is C12H15FN2O. The van der Waals surface area contributed by atoms with Crippen LogP contribution in [-0.4, -0.2) is 29.9 Å². The van der Waals surface area contributed by atoms with Gasteiger partial charge in [0.1, 0.15) is 5.82 Å². The van der Waals surface area contributed by atoms with Crippen molar-refractivity contribution < 1.29 is 9.18 Å². The van der Waals surface area contributed by atoms with E-state index in [1.165, 1.54) is 12.1 Å². The van der Waals surface area contributed by atoms with Gasteiger partial charge < -0.3 is 10.6 Å². The lowest BCUT2D eigenvalue weighted by Crippen LogP contribution is -2.32. The van der Waals surface area contributed by atoms with Crippen molar-refractivity contribution in [1.29, 1.82) is 0 Å². The first-order chi connectivity index (χ1) is 7.58. The molecule has 0 unspecified atom stereocenters. The molecular weight excluding hydrogens is 207 g/mol. The molecule has 2 N–H and O–H groups in total. The maximum absolute atomic E-state index is 13.1. The third kappa shape index (κ3) is 2.07. The highest BCUT2D eigenvalue weighted by atomic mass is 19.1. The smallest absolute Gasteiger partial charge is 0.254 e. The second kappa shape index (κ2) is 4.22. The van der Waals surface area contributed by atoms with Gasteiger partial charge in [-0.2, -0.15) is 0 Å². The zero-order valence-corrected chi connectivity index (χ0v) is 9.24. The van der Waals surface area contributed by atoms with Crippen molar-refractivity contribution in [1.82, 2.24) is 4.90 Å². The highest BCUT2D eigenvalue weighted by Gasteiger charge is 2.25. The minimum Gasteiger partial charge on any atom is -0.337 e. The van der Waals surface area contributed by atoms with Gasteiger partial charge in [0.15, 0.2) is 0 Å². The molecule has 1 saturated heterocycles. The van der Waals surface area contributed by atoms with Crippen molar-refractivity contribution in [2.45, 2.75) is 19.4 Å². The van der Waals surface area contributed by atoms with Crippen LogP contribution in [0.3, 0.4) is 0 Å². The Hall–Kier alpha value is -1.42. The van der Waals surface area contributed by atoms with Crippen LogP contribution in [0.2, 0.25) is 0 Å². The number of likely N-dealkylation sites (tertiary alicyclic amines) is 1. The molecule has 16 heavy (non-hydrogen) atoms. The average molecular weight is 222 g/mol. The number of carbonyl (C=O) groups is 1. The molecule has 4 heteroatoms. The van der Waals surface area contributed by atoms with E-state index >= 15 is 0 Å². The Morgan fingerprint density at radius 3 is 2.94 bits per heavy atom. The molecule has 86 valence electrons. The average Bonchev–Trinajstić information content (AvgIpc) is 2.67. The summed E-state index contributed by atoms with van der Waals surface area (Å²) in [7, 11) is 0. The Bertz CT molecular complexity index is 419. The predicted octanol–water partition coefficient (Wildman–Crippen LogP) is 1.31. The van der Waals surface area contributed by atoms with E-state index in [2.05, 4.69) is 0 Å². The van der Waals surface area contributed by atoms with Crippen LogP contribution in [-0.2, 0) is 0 Å². The second-order valence-electron chi connectivity index (χ2n) is 4.26. The molecule has 1 aromatic rings. The zero-order chi connectivity index (χ0) is 11.7. The number of hydrogen-bond acceptors (Lipinski definition) is 2. The quantitative estimate of drug-likeness (QED) is 0.778. The lowest BCUT2D eigenvalue weighted by Gasteiger charge is -2.17. The minimum absolute atomic E-state index is 0.0535. The van der Waals surface area contributed by atoms with Gasteiger partial charge in [-0.3, -0.25) is 4.79 Å². The minimum atomic E-state index is -0.377. The third-order valence-corrected chi connectivity index (χ3v) is 2.94. The molecule has 0 radical (unpaired) electrons. The number of hydrogen-bond donors (Lipinski definition) is 1. The van der Waals surface area contributed by atoms with Crippen LogP contribution in [0.1, 0.15) is 22.3 Å². The Morgan fingerprint density at radius 2 is 2.31 bits per heavy atom. The number of amides is 1. The Morgan fingerprint density at radius 1 is 1.56 bits per heavy atom. The fourth-order valence-electron chi connectivity index (χ4n) is 1.97. The first kappa shape index (κ1) is 11.1. The monoisotopic (exact) mass is 222 g/mol. The van der Waals surface area contributed by atoms with Crippen molar-refractivity contribution >= 4 is 5.91 Å². The number of rotatable bonds is 1. The molecule has 3 nitrogen and oxygen atoms in total. The molecule has 2 rings (SSSR count). The van der Waals surface area contributed by atoms with Crippen molar-refractivity contribution in [2.24, 2.45) is 5.73 Å². The van der Waals surface area contributed by atoms with Crippen LogP contribution in [0.15, 0.2) is 18.2 Å². The van der Waals surface area contributed by atoms with Gasteiger partial charge in [0.05, 0.1) is 0 Å². The topological polar surface area (TPSA) is 46.3 Å². The zero-order valence-electron chi connectivity index (χ0n) is 9.24. The van der Waals surface area contributed by atoms with Crippen molar-refractivity contribution in [3.63, 3.8) is 0 Å². The Kier molecular flexibility index (Phi) is 2.92. The molecule has 0 spiro atoms. The van der Waals surface area contributed by atoms with E-state index in [-0.39, 0.29) is 17.8 Å². The third-order valence-electron chi connectivity index (χ3n) is 2.94. The van der Waals surface area contributed by atoms with Gasteiger partial charge in [0, 0.05) is 24.7 Å². The molecule has 1 heterocycles. The second-order valence-corrected chi connectivity index (χ2v) is 4.26. The lowest BCUT2D eigenvalue weighted by atomic mass is 10.1. The van der Waals surface area contributed by atoms with E-state index in [0.717, 1.165) is 12.0 Å². The van der Waals surface area contributed by atoms with Gasteiger partial charge in [-0.1, -0.05) is 6.07 Å². The van der Waals surface area contributed by atoms with Crippen molar-refractivity contribution in [2.75, 3.05) is 13.1 Å². The molecule has 1 atom stereocenters. The number of carbonyl (C=O) groups excluding carboxylic acids is 1. The molecule has 0 aliphatic carbocycles. The summed E-state index contributed by atoms with van der Waals surface area (Å²) < 4.78 is 13.1. The van der Waals surface area contributed by atoms with Crippen LogP contribution < -0.4 is 5.73 Å². The van der Waals surface area contributed by atoms with Crippen LogP contribution >= 0.6 is 0 Å². The predicted molar refractivity (Wildman–Crippen MR) is 59.6 cm³/mol. The van der Waals surface area contributed by atoms with Crippen LogP contribution in [0.5, 0.6) is 0 Å². The summed E-state index contributed by atoms with van der Waals surface area (Å²) in [6, 6.07) is 4.33. The molecule has 0 bridgehead atoms. The normalized spacial score (nSPS) is 20.2. The van der Waals surface area contributed by atoms with E-state index in [1.54, 1.807) is 11.0 Å². The molecule has 0 saturated carbocycles. The van der Waals surface area contributed by atoms with Gasteiger partial charge in [-0.05, 0) is 31.0 Å². The molecule has 1 aliphatic rings. The highest BCUT2D eigenvalue weighted by molar-refractivity contribution is 5.95. The van der Waals surface area contributed by atoms with E-state index < -0.39 is 0 Å². The lowest BCUT2D eigenvalue weighted by molar-refractivity contribution is 0.0789. The summed E-state index contributed by atoms with van der Waals surface area (Å²) in [5.74, 6) is -0.498. The fourth-order valence-corrected chi connectivity index (χ4v) is 1.97. The van der Waals surface area contributed by atoms with Crippen LogP contribution in [0.25, 0.3) is 0 Å². The molecule has 0 aromatic heterocycles. The maximum atomic E-state index is 13.1. The fraction of sp³-hybridized carbons (Fsp3) is 0.417. The Labute approximate surface area is 94.0 Å². The number of nitrogens with two attached hydrogens (primary N) is 1. The van der Waals surface area contributed by atoms with Crippen molar-refractivity contribution in [3.05, 3.63) is 35.1 Å². The molecule has 1 amide bonds. The largest absolute Gasteiger partial charge is 0.337 e. The van der Waals surface area contributed by atoms with Crippen LogP contribution in [0, 0.1) is 12.7 Å². The first-order valence-corrected chi connectivity index (χ1v) is 5.39. The number of aryl methyl sites for hydroxylation is 1. The molecule has 1 fully saturated rings. The Balaban J connectivity index is 2.23. The summed E-state index contributed by atoms with van der Waals surface area (Å²) in [6.45, 7) is 3.04. The summed E-state index contributed by atoms with van der Waals surface area (Å²) in [5, 5.41) is 0. The number of halogens is 1. The summed E-state index contributed by atoms with van der Waals surface area (Å²) in [4.78, 5) is 13.8. The number of nitrogens with zero attached hydrogens (tertiary/aromatic N) is 1. The summed E-state index contributed by atoms with van der Waals surface area (Å²) in [6.07, 6.45) is 0.820. The van der Waals surface area contributed by atoms with E-state index in [1.807, 2.05) is 6.92 Å². The van der Waals surface area contributed by atoms with E-state index in [0.29, 0.717) is 18.7 Å². The summed E-state index contributed by atoms with van der Waals surface area (Å²) in [5.41, 5.74) is 6.98. The molecule has 1 aromatic carbocycles. The van der Waals surface area contributed by atoms with E-state index in [4.69, 9.17) is 5.73 Å². The van der Waals surface area contributed by atoms with Crippen molar-refractivity contribution in [3.8, 4) is 0 Å². The van der Waals surface area contributed by atoms with Gasteiger partial charge in [-0.25, -0.2) is 4.39 Å². The van der Waals surface area contributed by atoms with Crippen LogP contribution in [0.4, 0.5) is 4.39 Å². The van der Waals surface area contributed by atoms with Gasteiger partial charge in [0.25, 0.3) is 5.91 Å².